The summed E-state index contributed by atoms with van der Waals surface area (Å²) in [4.78, 5) is 8.46. The summed E-state index contributed by atoms with van der Waals surface area (Å²) in [6.45, 7) is 0.753. The molecule has 3 rings (SSSR count). The molecule has 0 aliphatic heterocycles. The lowest BCUT2D eigenvalue weighted by Crippen LogP contribution is -2.04. The predicted octanol–water partition coefficient (Wildman–Crippen LogP) is 2.85. The van der Waals surface area contributed by atoms with E-state index in [9.17, 15) is 0 Å². The third-order valence-electron chi connectivity index (χ3n) is 2.57. The van der Waals surface area contributed by atoms with Crippen LogP contribution in [-0.2, 0) is 6.42 Å². The Bertz CT molecular complexity index is 621. The first-order valence-corrected chi connectivity index (χ1v) is 6.86. The van der Waals surface area contributed by atoms with Gasteiger partial charge in [-0.2, -0.15) is 4.98 Å². The minimum atomic E-state index is 0.552. The summed E-state index contributed by atoms with van der Waals surface area (Å²) in [6, 6.07) is 10.0. The Morgan fingerprint density at radius 2 is 2.11 bits per heavy atom. The molecule has 6 heteroatoms. The second-order valence-electron chi connectivity index (χ2n) is 3.93. The minimum absolute atomic E-state index is 0.552. The predicted molar refractivity (Wildman–Crippen MR) is 74.0 cm³/mol. The van der Waals surface area contributed by atoms with Crippen molar-refractivity contribution in [1.82, 2.24) is 15.1 Å². The molecule has 96 valence electrons. The third-order valence-corrected chi connectivity index (χ3v) is 3.16. The smallest absolute Gasteiger partial charge is 0.228 e. The van der Waals surface area contributed by atoms with E-state index in [4.69, 9.17) is 4.52 Å². The fourth-order valence-corrected chi connectivity index (χ4v) is 2.18. The molecule has 0 aliphatic rings. The summed E-state index contributed by atoms with van der Waals surface area (Å²) in [5, 5.41) is 9.11. The molecule has 19 heavy (non-hydrogen) atoms. The molecule has 0 unspecified atom stereocenters. The van der Waals surface area contributed by atoms with E-state index in [2.05, 4.69) is 20.4 Å². The van der Waals surface area contributed by atoms with Gasteiger partial charge in [-0.3, -0.25) is 0 Å². The first-order chi connectivity index (χ1) is 9.42. The second-order valence-corrected chi connectivity index (χ2v) is 4.65. The highest BCUT2D eigenvalue weighted by Crippen LogP contribution is 2.15. The van der Waals surface area contributed by atoms with E-state index in [1.54, 1.807) is 5.51 Å². The van der Waals surface area contributed by atoms with E-state index < -0.39 is 0 Å². The van der Waals surface area contributed by atoms with Crippen LogP contribution in [0.4, 0.5) is 5.69 Å². The van der Waals surface area contributed by atoms with Gasteiger partial charge in [-0.1, -0.05) is 23.4 Å². The van der Waals surface area contributed by atoms with Crippen LogP contribution in [0.15, 0.2) is 45.7 Å². The summed E-state index contributed by atoms with van der Waals surface area (Å²) >= 11 is 1.51. The number of nitrogens with one attached hydrogen (secondary N) is 1. The maximum Gasteiger partial charge on any atom is 0.228 e. The molecular weight excluding hydrogens is 260 g/mol. The Kier molecular flexibility index (Phi) is 3.51. The van der Waals surface area contributed by atoms with Gasteiger partial charge in [0.15, 0.2) is 0 Å². The molecule has 3 aromatic rings. The third kappa shape index (κ3) is 2.97. The Balaban J connectivity index is 1.56. The maximum absolute atomic E-state index is 5.19. The molecule has 0 amide bonds. The Labute approximate surface area is 114 Å². The zero-order valence-electron chi connectivity index (χ0n) is 10.1. The van der Waals surface area contributed by atoms with E-state index in [0.717, 1.165) is 17.9 Å². The van der Waals surface area contributed by atoms with Crippen molar-refractivity contribution in [2.45, 2.75) is 6.42 Å². The van der Waals surface area contributed by atoms with Crippen LogP contribution in [-0.4, -0.2) is 21.7 Å². The Morgan fingerprint density at radius 3 is 2.89 bits per heavy atom. The van der Waals surface area contributed by atoms with Gasteiger partial charge in [0.25, 0.3) is 0 Å². The number of para-hydroxylation sites is 1. The molecule has 0 fully saturated rings. The van der Waals surface area contributed by atoms with Crippen LogP contribution in [0.5, 0.6) is 0 Å². The summed E-state index contributed by atoms with van der Waals surface area (Å²) in [5.41, 5.74) is 3.60. The van der Waals surface area contributed by atoms with Crippen LogP contribution in [0, 0.1) is 0 Å². The standard InChI is InChI=1S/C13H12N4OS/c1-2-4-10(5-3-1)14-7-6-12-16-13(17-18-12)11-8-19-9-15-11/h1-5,8-9,14H,6-7H2. The lowest BCUT2D eigenvalue weighted by atomic mass is 10.3. The van der Waals surface area contributed by atoms with Crippen molar-refractivity contribution in [1.29, 1.82) is 0 Å². The van der Waals surface area contributed by atoms with E-state index in [-0.39, 0.29) is 0 Å². The average Bonchev–Trinajstić information content (AvgIpc) is 3.10. The minimum Gasteiger partial charge on any atom is -0.385 e. The quantitative estimate of drug-likeness (QED) is 0.773. The van der Waals surface area contributed by atoms with Gasteiger partial charge in [0.05, 0.1) is 5.51 Å². The lowest BCUT2D eigenvalue weighted by molar-refractivity contribution is 0.381. The molecule has 0 spiro atoms. The molecule has 1 N–H and O–H groups in total. The molecule has 0 atom stereocenters. The molecule has 0 saturated carbocycles. The number of nitrogens with zero attached hydrogens (tertiary/aromatic N) is 3. The normalized spacial score (nSPS) is 10.5. The molecule has 0 bridgehead atoms. The maximum atomic E-state index is 5.19. The number of hydrogen-bond donors (Lipinski definition) is 1. The van der Waals surface area contributed by atoms with Crippen molar-refractivity contribution >= 4 is 17.0 Å². The summed E-state index contributed by atoms with van der Waals surface area (Å²) in [5.74, 6) is 1.17. The first kappa shape index (κ1) is 11.9. The van der Waals surface area contributed by atoms with Crippen LogP contribution < -0.4 is 5.32 Å². The van der Waals surface area contributed by atoms with Gasteiger partial charge < -0.3 is 9.84 Å². The van der Waals surface area contributed by atoms with Crippen LogP contribution in [0.1, 0.15) is 5.89 Å². The van der Waals surface area contributed by atoms with E-state index in [0.29, 0.717) is 18.1 Å². The zero-order chi connectivity index (χ0) is 12.9. The van der Waals surface area contributed by atoms with E-state index in [1.807, 2.05) is 35.7 Å². The van der Waals surface area contributed by atoms with Gasteiger partial charge in [0.1, 0.15) is 5.69 Å². The number of benzene rings is 1. The number of hydrogen-bond acceptors (Lipinski definition) is 6. The average molecular weight is 272 g/mol. The van der Waals surface area contributed by atoms with Crippen molar-refractivity contribution in [2.24, 2.45) is 0 Å². The molecular formula is C13H12N4OS. The molecule has 0 radical (unpaired) electrons. The van der Waals surface area contributed by atoms with Crippen LogP contribution >= 0.6 is 11.3 Å². The molecule has 1 aromatic carbocycles. The van der Waals surface area contributed by atoms with Crippen molar-refractivity contribution < 1.29 is 4.52 Å². The molecule has 2 heterocycles. The molecule has 0 saturated heterocycles. The summed E-state index contributed by atoms with van der Waals surface area (Å²) in [7, 11) is 0. The highest BCUT2D eigenvalue weighted by atomic mass is 32.1. The second kappa shape index (κ2) is 5.62. The van der Waals surface area contributed by atoms with Crippen molar-refractivity contribution in [3.63, 3.8) is 0 Å². The first-order valence-electron chi connectivity index (χ1n) is 5.92. The van der Waals surface area contributed by atoms with Gasteiger partial charge in [0, 0.05) is 24.0 Å². The number of rotatable bonds is 5. The van der Waals surface area contributed by atoms with Crippen LogP contribution in [0.3, 0.4) is 0 Å². The van der Waals surface area contributed by atoms with Crippen molar-refractivity contribution in [2.75, 3.05) is 11.9 Å². The van der Waals surface area contributed by atoms with Gasteiger partial charge >= 0.3 is 0 Å². The summed E-state index contributed by atoms with van der Waals surface area (Å²) in [6.07, 6.45) is 0.687. The SMILES string of the molecule is c1ccc(NCCc2nc(-c3cscn3)no2)cc1. The number of aromatic nitrogens is 3. The van der Waals surface area contributed by atoms with Crippen molar-refractivity contribution in [3.05, 3.63) is 47.1 Å². The number of anilines is 1. The van der Waals surface area contributed by atoms with Crippen LogP contribution in [0.25, 0.3) is 11.5 Å². The Morgan fingerprint density at radius 1 is 1.21 bits per heavy atom. The molecule has 2 aromatic heterocycles. The van der Waals surface area contributed by atoms with E-state index >= 15 is 0 Å². The van der Waals surface area contributed by atoms with E-state index in [1.165, 1.54) is 11.3 Å². The monoisotopic (exact) mass is 272 g/mol. The summed E-state index contributed by atoms with van der Waals surface area (Å²) < 4.78 is 5.19. The fourth-order valence-electron chi connectivity index (χ4n) is 1.65. The largest absolute Gasteiger partial charge is 0.385 e. The highest BCUT2D eigenvalue weighted by molar-refractivity contribution is 7.07. The lowest BCUT2D eigenvalue weighted by Gasteiger charge is -2.02. The number of thiazole rings is 1. The van der Waals surface area contributed by atoms with Gasteiger partial charge in [-0.15, -0.1) is 11.3 Å². The van der Waals surface area contributed by atoms with Crippen molar-refractivity contribution in [3.8, 4) is 11.5 Å². The zero-order valence-corrected chi connectivity index (χ0v) is 10.9. The highest BCUT2D eigenvalue weighted by Gasteiger charge is 2.09. The fraction of sp³-hybridized carbons (Fsp3) is 0.154. The molecule has 5 nitrogen and oxygen atoms in total. The van der Waals surface area contributed by atoms with Gasteiger partial charge in [0.2, 0.25) is 11.7 Å². The van der Waals surface area contributed by atoms with Crippen LogP contribution in [0.2, 0.25) is 0 Å². The topological polar surface area (TPSA) is 63.8 Å². The van der Waals surface area contributed by atoms with Gasteiger partial charge in [-0.25, -0.2) is 4.98 Å². The van der Waals surface area contributed by atoms with Gasteiger partial charge in [-0.05, 0) is 12.1 Å². The Hall–Kier alpha value is -2.21. The molecule has 0 aliphatic carbocycles.